The first-order valence-corrected chi connectivity index (χ1v) is 10.2. The fourth-order valence-electron chi connectivity index (χ4n) is 2.70. The van der Waals surface area contributed by atoms with Gasteiger partial charge in [-0.3, -0.25) is 23.8 Å². The van der Waals surface area contributed by atoms with Gasteiger partial charge in [0.05, 0.1) is 18.1 Å². The molecule has 2 aromatic rings. The lowest BCUT2D eigenvalue weighted by Gasteiger charge is -2.22. The Morgan fingerprint density at radius 1 is 1.43 bits per heavy atom. The third-order valence-electron chi connectivity index (χ3n) is 4.52. The Morgan fingerprint density at radius 3 is 2.70 bits per heavy atom. The highest BCUT2D eigenvalue weighted by molar-refractivity contribution is 8.02. The van der Waals surface area contributed by atoms with Crippen LogP contribution in [-0.2, 0) is 18.4 Å². The average Bonchev–Trinajstić information content (AvgIpc) is 3.24. The number of hydrogen-bond donors (Lipinski definition) is 5. The van der Waals surface area contributed by atoms with Crippen molar-refractivity contribution in [2.75, 3.05) is 18.1 Å². The van der Waals surface area contributed by atoms with Crippen LogP contribution in [0.1, 0.15) is 24.8 Å². The molecule has 0 radical (unpaired) electrons. The van der Waals surface area contributed by atoms with E-state index in [9.17, 15) is 14.4 Å². The molecule has 164 valence electrons. The minimum Gasteiger partial charge on any atom is -0.383 e. The number of aromatic nitrogens is 4. The number of nitrogens with zero attached hydrogens (tertiary/aromatic N) is 3. The number of nitrogens with one attached hydrogen (secondary N) is 3. The van der Waals surface area contributed by atoms with Gasteiger partial charge in [-0.2, -0.15) is 5.10 Å². The molecular formula is C18H28N8O3S. The number of rotatable bonds is 10. The van der Waals surface area contributed by atoms with Crippen molar-refractivity contribution in [1.29, 1.82) is 0 Å². The summed E-state index contributed by atoms with van der Waals surface area (Å²) in [5.74, 6) is -0.330. The topological polar surface area (TPSA) is 166 Å². The van der Waals surface area contributed by atoms with Gasteiger partial charge in [0, 0.05) is 30.9 Å². The summed E-state index contributed by atoms with van der Waals surface area (Å²) < 4.78 is 1.98. The normalized spacial score (nSPS) is 14.6. The second-order valence-corrected chi connectivity index (χ2v) is 7.89. The molecule has 0 amide bonds. The molecule has 0 spiro atoms. The molecule has 12 heteroatoms. The molecule has 7 N–H and O–H groups in total. The Hall–Kier alpha value is -2.83. The molecule has 2 rings (SSSR count). The Balaban J connectivity index is 2.15. The van der Waals surface area contributed by atoms with Gasteiger partial charge in [0.15, 0.2) is 0 Å². The van der Waals surface area contributed by atoms with Gasteiger partial charge in [-0.05, 0) is 26.3 Å². The Morgan fingerprint density at radius 2 is 2.13 bits per heavy atom. The van der Waals surface area contributed by atoms with Gasteiger partial charge in [0.2, 0.25) is 0 Å². The number of H-pyrrole nitrogens is 1. The summed E-state index contributed by atoms with van der Waals surface area (Å²) >= 11 is 1.52. The van der Waals surface area contributed by atoms with Crippen LogP contribution >= 0.6 is 11.8 Å². The van der Waals surface area contributed by atoms with Crippen molar-refractivity contribution in [3.63, 3.8) is 0 Å². The molecule has 0 aromatic carbocycles. The Labute approximate surface area is 177 Å². The molecule has 0 saturated heterocycles. The molecule has 2 unspecified atom stereocenters. The predicted octanol–water partition coefficient (Wildman–Crippen LogP) is -0.266. The molecule has 0 aliphatic carbocycles. The molecule has 0 saturated carbocycles. The SMILES string of the molecule is CNC(SC=CC(N)[C@H](C)Nc1c(N)n(C)c(=O)n(CC(C)=O)c1=O)c1cn[nH]c1. The van der Waals surface area contributed by atoms with Crippen LogP contribution in [0.5, 0.6) is 0 Å². The number of carbonyl (C=O) groups excluding carboxylic acids is 1. The fraction of sp³-hybridized carbons (Fsp3) is 0.444. The monoisotopic (exact) mass is 436 g/mol. The van der Waals surface area contributed by atoms with Crippen molar-refractivity contribution in [3.8, 4) is 0 Å². The van der Waals surface area contributed by atoms with Crippen LogP contribution in [0.25, 0.3) is 0 Å². The van der Waals surface area contributed by atoms with Crippen LogP contribution in [0.3, 0.4) is 0 Å². The van der Waals surface area contributed by atoms with E-state index in [0.29, 0.717) is 0 Å². The standard InChI is InChI=1S/C18H28N8O3S/c1-10(27)9-26-17(28)14(15(20)25(4)18(26)29)24-11(2)13(19)5-6-30-16(21-3)12-7-22-23-8-12/h5-8,11,13,16,21,24H,9,19-20H2,1-4H3,(H,22,23)/t11-,13?,16?/m0/s1. The van der Waals surface area contributed by atoms with Gasteiger partial charge >= 0.3 is 5.69 Å². The van der Waals surface area contributed by atoms with E-state index in [-0.39, 0.29) is 35.2 Å². The first kappa shape index (κ1) is 23.4. The van der Waals surface area contributed by atoms with E-state index in [4.69, 9.17) is 11.5 Å². The molecule has 2 aromatic heterocycles. The first-order valence-electron chi connectivity index (χ1n) is 9.26. The summed E-state index contributed by atoms with van der Waals surface area (Å²) in [6.45, 7) is 2.78. The average molecular weight is 437 g/mol. The summed E-state index contributed by atoms with van der Waals surface area (Å²) in [7, 11) is 3.28. The largest absolute Gasteiger partial charge is 0.383 e. The van der Waals surface area contributed by atoms with Gasteiger partial charge in [-0.25, -0.2) is 4.79 Å². The zero-order chi connectivity index (χ0) is 22.4. The van der Waals surface area contributed by atoms with Crippen molar-refractivity contribution < 1.29 is 4.79 Å². The number of ketones is 1. The maximum Gasteiger partial charge on any atom is 0.332 e. The van der Waals surface area contributed by atoms with E-state index >= 15 is 0 Å². The fourth-order valence-corrected chi connectivity index (χ4v) is 3.56. The summed E-state index contributed by atoms with van der Waals surface area (Å²) in [6.07, 6.45) is 5.35. The Bertz CT molecular complexity index is 1010. The van der Waals surface area contributed by atoms with E-state index in [1.165, 1.54) is 25.7 Å². The highest BCUT2D eigenvalue weighted by Crippen LogP contribution is 2.25. The number of Topliss-reactive ketones (excluding diaryl/α,β-unsaturated/α-hetero) is 1. The maximum atomic E-state index is 12.7. The van der Waals surface area contributed by atoms with Gasteiger partial charge in [0.25, 0.3) is 5.56 Å². The zero-order valence-electron chi connectivity index (χ0n) is 17.4. The molecule has 2 heterocycles. The van der Waals surface area contributed by atoms with E-state index in [1.54, 1.807) is 25.4 Å². The van der Waals surface area contributed by atoms with Crippen LogP contribution in [0.2, 0.25) is 0 Å². The molecule has 30 heavy (non-hydrogen) atoms. The smallest absolute Gasteiger partial charge is 0.332 e. The molecule has 0 aliphatic heterocycles. The van der Waals surface area contributed by atoms with Crippen LogP contribution in [0.15, 0.2) is 33.5 Å². The molecule has 3 atom stereocenters. The zero-order valence-corrected chi connectivity index (χ0v) is 18.2. The first-order chi connectivity index (χ1) is 14.2. The number of nitrogens with two attached hydrogens (primary N) is 2. The van der Waals surface area contributed by atoms with Crippen molar-refractivity contribution in [3.05, 3.63) is 50.3 Å². The highest BCUT2D eigenvalue weighted by atomic mass is 32.2. The van der Waals surface area contributed by atoms with E-state index in [2.05, 4.69) is 20.8 Å². The van der Waals surface area contributed by atoms with E-state index in [1.807, 2.05) is 12.5 Å². The van der Waals surface area contributed by atoms with E-state index < -0.39 is 17.3 Å². The number of aromatic amines is 1. The molecule has 0 bridgehead atoms. The number of hydrogen-bond acceptors (Lipinski definition) is 9. The van der Waals surface area contributed by atoms with Crippen LogP contribution < -0.4 is 33.3 Å². The maximum absolute atomic E-state index is 12.7. The third-order valence-corrected chi connectivity index (χ3v) is 5.62. The molecule has 0 aliphatic rings. The van der Waals surface area contributed by atoms with Crippen molar-refractivity contribution in [2.24, 2.45) is 12.8 Å². The second kappa shape index (κ2) is 10.3. The quantitative estimate of drug-likeness (QED) is 0.315. The van der Waals surface area contributed by atoms with E-state index in [0.717, 1.165) is 14.7 Å². The summed E-state index contributed by atoms with van der Waals surface area (Å²) in [5, 5.41) is 14.8. The highest BCUT2D eigenvalue weighted by Gasteiger charge is 2.19. The predicted molar refractivity (Wildman–Crippen MR) is 119 cm³/mol. The van der Waals surface area contributed by atoms with Gasteiger partial charge in [-0.15, -0.1) is 11.8 Å². The van der Waals surface area contributed by atoms with Gasteiger partial charge in [-0.1, -0.05) is 6.08 Å². The number of anilines is 2. The second-order valence-electron chi connectivity index (χ2n) is 6.87. The van der Waals surface area contributed by atoms with Crippen LogP contribution in [0.4, 0.5) is 11.5 Å². The van der Waals surface area contributed by atoms with Crippen LogP contribution in [0, 0.1) is 0 Å². The van der Waals surface area contributed by atoms with Gasteiger partial charge < -0.3 is 22.1 Å². The molecule has 0 fully saturated rings. The van der Waals surface area contributed by atoms with Gasteiger partial charge in [0.1, 0.15) is 17.3 Å². The van der Waals surface area contributed by atoms with Crippen molar-refractivity contribution in [1.82, 2.24) is 24.6 Å². The molecule has 11 nitrogen and oxygen atoms in total. The lowest BCUT2D eigenvalue weighted by molar-refractivity contribution is -0.117. The molecular weight excluding hydrogens is 408 g/mol. The minimum atomic E-state index is -0.654. The Kier molecular flexibility index (Phi) is 8.03. The minimum absolute atomic E-state index is 0.00791. The summed E-state index contributed by atoms with van der Waals surface area (Å²) in [4.78, 5) is 36.4. The number of thioether (sulfide) groups is 1. The van der Waals surface area contributed by atoms with Crippen molar-refractivity contribution >= 4 is 29.1 Å². The number of carbonyl (C=O) groups is 1. The van der Waals surface area contributed by atoms with Crippen molar-refractivity contribution in [2.45, 2.75) is 37.8 Å². The van der Waals surface area contributed by atoms with Crippen LogP contribution in [-0.4, -0.2) is 44.2 Å². The lowest BCUT2D eigenvalue weighted by Crippen LogP contribution is -2.45. The third kappa shape index (κ3) is 5.40. The lowest BCUT2D eigenvalue weighted by atomic mass is 10.1. The summed E-state index contributed by atoms with van der Waals surface area (Å²) in [5.41, 5.74) is 11.9. The number of nitrogen functional groups attached to an aromatic ring is 1. The summed E-state index contributed by atoms with van der Waals surface area (Å²) in [6, 6.07) is -0.821.